The minimum atomic E-state index is -2.97. The fraction of sp³-hybridized carbons (Fsp3) is 0.571. The number of nitrogens with zero attached hydrogens (tertiary/aromatic N) is 2. The van der Waals surface area contributed by atoms with E-state index in [2.05, 4.69) is 4.74 Å². The summed E-state index contributed by atoms with van der Waals surface area (Å²) >= 11 is 0. The molecule has 0 amide bonds. The van der Waals surface area contributed by atoms with Gasteiger partial charge in [-0.2, -0.15) is 8.78 Å². The molecule has 1 aliphatic heterocycles. The number of ether oxygens (including phenoxy) is 1. The molecular formula is C14H18F2N2O4. The highest BCUT2D eigenvalue weighted by atomic mass is 19.3. The molecule has 0 bridgehead atoms. The van der Waals surface area contributed by atoms with Gasteiger partial charge in [0.1, 0.15) is 5.75 Å². The quantitative estimate of drug-likeness (QED) is 0.644. The fourth-order valence-electron chi connectivity index (χ4n) is 2.58. The van der Waals surface area contributed by atoms with Crippen molar-refractivity contribution in [3.8, 4) is 5.75 Å². The lowest BCUT2D eigenvalue weighted by Gasteiger charge is -2.31. The van der Waals surface area contributed by atoms with Gasteiger partial charge in [0.15, 0.2) is 0 Å². The molecule has 1 aliphatic rings. The first kappa shape index (κ1) is 16.6. The molecule has 0 saturated carbocycles. The average molecular weight is 316 g/mol. The third-order valence-corrected chi connectivity index (χ3v) is 3.83. The summed E-state index contributed by atoms with van der Waals surface area (Å²) in [5.41, 5.74) is 0.221. The van der Waals surface area contributed by atoms with Crippen molar-refractivity contribution >= 4 is 5.69 Å². The Kier molecular flexibility index (Phi) is 5.62. The zero-order chi connectivity index (χ0) is 16.1. The summed E-state index contributed by atoms with van der Waals surface area (Å²) in [5, 5.41) is 19.9. The molecule has 1 aromatic carbocycles. The number of halogens is 2. The normalized spacial score (nSPS) is 16.9. The number of hydrogen-bond donors (Lipinski definition) is 1. The molecule has 0 radical (unpaired) electrons. The molecule has 1 saturated heterocycles. The van der Waals surface area contributed by atoms with Crippen molar-refractivity contribution in [1.29, 1.82) is 0 Å². The minimum Gasteiger partial charge on any atom is -0.434 e. The van der Waals surface area contributed by atoms with Crippen molar-refractivity contribution in [2.45, 2.75) is 26.0 Å². The number of aliphatic hydroxyl groups is 1. The lowest BCUT2D eigenvalue weighted by atomic mass is 9.97. The minimum absolute atomic E-state index is 0.0371. The number of rotatable bonds is 6. The van der Waals surface area contributed by atoms with Gasteiger partial charge in [0.05, 0.1) is 4.92 Å². The Labute approximate surface area is 126 Å². The Morgan fingerprint density at radius 2 is 2.09 bits per heavy atom. The van der Waals surface area contributed by atoms with Gasteiger partial charge >= 0.3 is 6.61 Å². The van der Waals surface area contributed by atoms with Gasteiger partial charge in [-0.05, 0) is 37.9 Å². The maximum Gasteiger partial charge on any atom is 0.387 e. The van der Waals surface area contributed by atoms with E-state index < -0.39 is 11.5 Å². The number of non-ortho nitro benzene ring substituents is 1. The SMILES string of the molecule is O=[N+]([O-])c1ccc(OC(F)F)c(CN2CCC(CO)CC2)c1. The maximum absolute atomic E-state index is 12.4. The summed E-state index contributed by atoms with van der Waals surface area (Å²) in [4.78, 5) is 12.3. The van der Waals surface area contributed by atoms with Gasteiger partial charge in [0, 0.05) is 30.8 Å². The topological polar surface area (TPSA) is 75.8 Å². The van der Waals surface area contributed by atoms with Gasteiger partial charge < -0.3 is 9.84 Å². The number of likely N-dealkylation sites (tertiary alicyclic amines) is 1. The summed E-state index contributed by atoms with van der Waals surface area (Å²) in [6.45, 7) is -1.10. The molecule has 1 heterocycles. The predicted molar refractivity (Wildman–Crippen MR) is 74.8 cm³/mol. The molecular weight excluding hydrogens is 298 g/mol. The molecule has 0 aromatic heterocycles. The van der Waals surface area contributed by atoms with Gasteiger partial charge in [-0.3, -0.25) is 15.0 Å². The largest absolute Gasteiger partial charge is 0.434 e. The van der Waals surface area contributed by atoms with Crippen LogP contribution in [0.3, 0.4) is 0 Å². The van der Waals surface area contributed by atoms with Crippen molar-refractivity contribution in [3.05, 3.63) is 33.9 Å². The first-order chi connectivity index (χ1) is 10.5. The van der Waals surface area contributed by atoms with E-state index in [9.17, 15) is 18.9 Å². The smallest absolute Gasteiger partial charge is 0.387 e. The van der Waals surface area contributed by atoms with Crippen LogP contribution in [0.1, 0.15) is 18.4 Å². The van der Waals surface area contributed by atoms with Crippen LogP contribution in [-0.4, -0.2) is 41.2 Å². The van der Waals surface area contributed by atoms with E-state index in [-0.39, 0.29) is 24.0 Å². The summed E-state index contributed by atoms with van der Waals surface area (Å²) in [6.07, 6.45) is 1.63. The second-order valence-corrected chi connectivity index (χ2v) is 5.33. The van der Waals surface area contributed by atoms with Crippen LogP contribution in [0, 0.1) is 16.0 Å². The number of nitro benzene ring substituents is 1. The number of piperidine rings is 1. The zero-order valence-corrected chi connectivity index (χ0v) is 12.0. The molecule has 22 heavy (non-hydrogen) atoms. The first-order valence-electron chi connectivity index (χ1n) is 7.05. The van der Waals surface area contributed by atoms with E-state index in [0.29, 0.717) is 25.2 Å². The summed E-state index contributed by atoms with van der Waals surface area (Å²) in [6, 6.07) is 3.63. The number of alkyl halides is 2. The van der Waals surface area contributed by atoms with Crippen molar-refractivity contribution in [2.24, 2.45) is 5.92 Å². The van der Waals surface area contributed by atoms with Crippen molar-refractivity contribution < 1.29 is 23.5 Å². The van der Waals surface area contributed by atoms with Crippen molar-refractivity contribution in [3.63, 3.8) is 0 Å². The van der Waals surface area contributed by atoms with Gasteiger partial charge in [-0.15, -0.1) is 0 Å². The molecule has 0 aliphatic carbocycles. The fourth-order valence-corrected chi connectivity index (χ4v) is 2.58. The zero-order valence-electron chi connectivity index (χ0n) is 12.0. The Balaban J connectivity index is 2.12. The van der Waals surface area contributed by atoms with Crippen LogP contribution in [0.2, 0.25) is 0 Å². The van der Waals surface area contributed by atoms with Crippen LogP contribution in [-0.2, 0) is 6.54 Å². The first-order valence-corrected chi connectivity index (χ1v) is 7.05. The Morgan fingerprint density at radius 1 is 1.41 bits per heavy atom. The van der Waals surface area contributed by atoms with Gasteiger partial charge in [-0.1, -0.05) is 0 Å². The lowest BCUT2D eigenvalue weighted by molar-refractivity contribution is -0.385. The summed E-state index contributed by atoms with van der Waals surface area (Å²) in [5.74, 6) is 0.225. The molecule has 122 valence electrons. The maximum atomic E-state index is 12.4. The molecule has 0 unspecified atom stereocenters. The molecule has 8 heteroatoms. The monoisotopic (exact) mass is 316 g/mol. The van der Waals surface area contributed by atoms with Gasteiger partial charge in [0.25, 0.3) is 5.69 Å². The molecule has 0 spiro atoms. The third kappa shape index (κ3) is 4.35. The van der Waals surface area contributed by atoms with E-state index in [1.807, 2.05) is 4.90 Å². The van der Waals surface area contributed by atoms with Crippen LogP contribution in [0.25, 0.3) is 0 Å². The van der Waals surface area contributed by atoms with Gasteiger partial charge in [-0.25, -0.2) is 0 Å². The third-order valence-electron chi connectivity index (χ3n) is 3.83. The number of nitro groups is 1. The summed E-state index contributed by atoms with van der Waals surface area (Å²) < 4.78 is 29.3. The Hall–Kier alpha value is -1.80. The molecule has 1 N–H and O–H groups in total. The van der Waals surface area contributed by atoms with E-state index in [4.69, 9.17) is 5.11 Å². The number of hydrogen-bond acceptors (Lipinski definition) is 5. The Morgan fingerprint density at radius 3 is 2.64 bits per heavy atom. The molecule has 0 atom stereocenters. The Bertz CT molecular complexity index is 520. The second kappa shape index (κ2) is 7.46. The molecule has 2 rings (SSSR count). The number of aliphatic hydroxyl groups excluding tert-OH is 1. The van der Waals surface area contributed by atoms with E-state index in [1.54, 1.807) is 0 Å². The van der Waals surface area contributed by atoms with Crippen molar-refractivity contribution in [1.82, 2.24) is 4.90 Å². The van der Waals surface area contributed by atoms with E-state index >= 15 is 0 Å². The van der Waals surface area contributed by atoms with Crippen LogP contribution in [0.5, 0.6) is 5.75 Å². The molecule has 6 nitrogen and oxygen atoms in total. The second-order valence-electron chi connectivity index (χ2n) is 5.33. The average Bonchev–Trinajstić information content (AvgIpc) is 2.49. The lowest BCUT2D eigenvalue weighted by Crippen LogP contribution is -2.34. The van der Waals surface area contributed by atoms with Crippen LogP contribution < -0.4 is 4.74 Å². The van der Waals surface area contributed by atoms with Gasteiger partial charge in [0.2, 0.25) is 0 Å². The van der Waals surface area contributed by atoms with E-state index in [0.717, 1.165) is 18.9 Å². The van der Waals surface area contributed by atoms with Crippen LogP contribution in [0.4, 0.5) is 14.5 Å². The summed E-state index contributed by atoms with van der Waals surface area (Å²) in [7, 11) is 0. The predicted octanol–water partition coefficient (Wildman–Crippen LogP) is 2.40. The molecule has 1 fully saturated rings. The highest BCUT2D eigenvalue weighted by Gasteiger charge is 2.21. The standard InChI is InChI=1S/C14H18F2N2O4/c15-14(16)22-13-2-1-12(18(20)21)7-11(13)8-17-5-3-10(9-19)4-6-17/h1-2,7,10,14,19H,3-6,8-9H2. The van der Waals surface area contributed by atoms with Crippen molar-refractivity contribution in [2.75, 3.05) is 19.7 Å². The van der Waals surface area contributed by atoms with Crippen LogP contribution >= 0.6 is 0 Å². The highest BCUT2D eigenvalue weighted by Crippen LogP contribution is 2.28. The van der Waals surface area contributed by atoms with Crippen LogP contribution in [0.15, 0.2) is 18.2 Å². The molecule has 1 aromatic rings. The highest BCUT2D eigenvalue weighted by molar-refractivity contribution is 5.43. The number of benzene rings is 1. The van der Waals surface area contributed by atoms with E-state index in [1.165, 1.54) is 12.1 Å².